The molecule has 17 heavy (non-hydrogen) atoms. The highest BCUT2D eigenvalue weighted by atomic mass is 79.9. The molecule has 1 unspecified atom stereocenters. The molecule has 0 spiro atoms. The van der Waals surface area contributed by atoms with Crippen LogP contribution in [-0.4, -0.2) is 6.54 Å². The second-order valence-electron chi connectivity index (χ2n) is 4.61. The molecule has 0 aliphatic carbocycles. The first kappa shape index (κ1) is 14.7. The molecular formula is C15H24BrN. The maximum absolute atomic E-state index is 3.60. The fourth-order valence-corrected chi connectivity index (χ4v) is 2.61. The highest BCUT2D eigenvalue weighted by molar-refractivity contribution is 9.10. The zero-order chi connectivity index (χ0) is 12.5. The van der Waals surface area contributed by atoms with Crippen molar-refractivity contribution in [2.75, 3.05) is 6.54 Å². The fourth-order valence-electron chi connectivity index (χ4n) is 1.98. The van der Waals surface area contributed by atoms with Gasteiger partial charge in [-0.25, -0.2) is 0 Å². The van der Waals surface area contributed by atoms with E-state index in [-0.39, 0.29) is 0 Å². The Morgan fingerprint density at radius 1 is 1.12 bits per heavy atom. The van der Waals surface area contributed by atoms with Crippen molar-refractivity contribution < 1.29 is 0 Å². The second kappa shape index (κ2) is 8.71. The van der Waals surface area contributed by atoms with Gasteiger partial charge in [-0.3, -0.25) is 0 Å². The summed E-state index contributed by atoms with van der Waals surface area (Å²) in [6.45, 7) is 5.60. The lowest BCUT2D eigenvalue weighted by atomic mass is 10.1. The van der Waals surface area contributed by atoms with Crippen LogP contribution in [0.4, 0.5) is 0 Å². The summed E-state index contributed by atoms with van der Waals surface area (Å²) in [7, 11) is 0. The van der Waals surface area contributed by atoms with Gasteiger partial charge < -0.3 is 5.32 Å². The summed E-state index contributed by atoms with van der Waals surface area (Å²) in [5.74, 6) is 0. The van der Waals surface area contributed by atoms with E-state index in [4.69, 9.17) is 0 Å². The summed E-state index contributed by atoms with van der Waals surface area (Å²) in [6.07, 6.45) is 6.71. The lowest BCUT2D eigenvalue weighted by Gasteiger charge is -2.15. The quantitative estimate of drug-likeness (QED) is 0.661. The van der Waals surface area contributed by atoms with Gasteiger partial charge in [-0.15, -0.1) is 0 Å². The molecule has 1 aromatic carbocycles. The molecule has 1 nitrogen and oxygen atoms in total. The molecule has 0 saturated carbocycles. The number of unbranched alkanes of at least 4 members (excludes halogenated alkanes) is 4. The van der Waals surface area contributed by atoms with E-state index in [1.165, 1.54) is 42.1 Å². The standard InChI is InChI=1S/C15H24BrN/c1-3-4-5-6-9-12-17-13(2)14-10-7-8-11-15(14)16/h7-8,10-11,13,17H,3-6,9,12H2,1-2H3. The molecule has 0 fully saturated rings. The minimum Gasteiger partial charge on any atom is -0.310 e. The van der Waals surface area contributed by atoms with Crippen molar-refractivity contribution in [1.82, 2.24) is 5.32 Å². The van der Waals surface area contributed by atoms with Crippen molar-refractivity contribution in [1.29, 1.82) is 0 Å². The van der Waals surface area contributed by atoms with Gasteiger partial charge in [-0.05, 0) is 31.5 Å². The number of halogens is 1. The lowest BCUT2D eigenvalue weighted by molar-refractivity contribution is 0.530. The Labute approximate surface area is 114 Å². The van der Waals surface area contributed by atoms with Gasteiger partial charge in [0, 0.05) is 10.5 Å². The average Bonchev–Trinajstić information content (AvgIpc) is 2.34. The van der Waals surface area contributed by atoms with Crippen LogP contribution in [-0.2, 0) is 0 Å². The molecule has 2 heteroatoms. The molecule has 0 radical (unpaired) electrons. The third-order valence-electron chi connectivity index (χ3n) is 3.10. The number of hydrogen-bond donors (Lipinski definition) is 1. The van der Waals surface area contributed by atoms with Gasteiger partial charge in [0.1, 0.15) is 0 Å². The Morgan fingerprint density at radius 2 is 1.82 bits per heavy atom. The molecule has 0 aromatic heterocycles. The van der Waals surface area contributed by atoms with Crippen LogP contribution in [0.25, 0.3) is 0 Å². The van der Waals surface area contributed by atoms with Crippen LogP contribution in [0.2, 0.25) is 0 Å². The van der Waals surface area contributed by atoms with E-state index in [0.717, 1.165) is 6.54 Å². The van der Waals surface area contributed by atoms with E-state index in [9.17, 15) is 0 Å². The van der Waals surface area contributed by atoms with Crippen LogP contribution >= 0.6 is 15.9 Å². The predicted octanol–water partition coefficient (Wildman–Crippen LogP) is 5.07. The van der Waals surface area contributed by atoms with Gasteiger partial charge in [-0.2, -0.15) is 0 Å². The van der Waals surface area contributed by atoms with Crippen LogP contribution in [0.1, 0.15) is 57.6 Å². The summed E-state index contributed by atoms with van der Waals surface area (Å²) < 4.78 is 1.20. The first-order chi connectivity index (χ1) is 8.25. The molecule has 1 atom stereocenters. The Bertz CT molecular complexity index is 312. The number of nitrogens with one attached hydrogen (secondary N) is 1. The smallest absolute Gasteiger partial charge is 0.0302 e. The molecule has 96 valence electrons. The van der Waals surface area contributed by atoms with E-state index in [1.807, 2.05) is 0 Å². The molecular weight excluding hydrogens is 274 g/mol. The monoisotopic (exact) mass is 297 g/mol. The van der Waals surface area contributed by atoms with Crippen molar-refractivity contribution in [3.05, 3.63) is 34.3 Å². The maximum atomic E-state index is 3.60. The molecule has 1 N–H and O–H groups in total. The minimum atomic E-state index is 0.428. The first-order valence-corrected chi connectivity index (χ1v) is 7.52. The minimum absolute atomic E-state index is 0.428. The normalized spacial score (nSPS) is 12.6. The predicted molar refractivity (Wildman–Crippen MR) is 79.3 cm³/mol. The summed E-state index contributed by atoms with van der Waals surface area (Å²) in [5, 5.41) is 3.59. The third kappa shape index (κ3) is 5.69. The molecule has 0 saturated heterocycles. The Morgan fingerprint density at radius 3 is 2.53 bits per heavy atom. The molecule has 0 bridgehead atoms. The topological polar surface area (TPSA) is 12.0 Å². The van der Waals surface area contributed by atoms with Crippen LogP contribution in [0.5, 0.6) is 0 Å². The molecule has 0 heterocycles. The van der Waals surface area contributed by atoms with Crippen molar-refractivity contribution in [3.63, 3.8) is 0 Å². The van der Waals surface area contributed by atoms with Crippen LogP contribution in [0.15, 0.2) is 28.7 Å². The van der Waals surface area contributed by atoms with Gasteiger partial charge in [0.2, 0.25) is 0 Å². The number of rotatable bonds is 8. The fraction of sp³-hybridized carbons (Fsp3) is 0.600. The zero-order valence-electron chi connectivity index (χ0n) is 11.0. The van der Waals surface area contributed by atoms with Gasteiger partial charge in [0.25, 0.3) is 0 Å². The molecule has 1 aromatic rings. The van der Waals surface area contributed by atoms with Crippen molar-refractivity contribution >= 4 is 15.9 Å². The number of hydrogen-bond acceptors (Lipinski definition) is 1. The second-order valence-corrected chi connectivity index (χ2v) is 5.47. The van der Waals surface area contributed by atoms with E-state index in [1.54, 1.807) is 0 Å². The summed E-state index contributed by atoms with van der Waals surface area (Å²) >= 11 is 3.60. The molecule has 0 amide bonds. The van der Waals surface area contributed by atoms with Gasteiger partial charge in [0.15, 0.2) is 0 Å². The van der Waals surface area contributed by atoms with Crippen molar-refractivity contribution in [2.45, 2.75) is 52.0 Å². The molecule has 0 aliphatic heterocycles. The molecule has 0 aliphatic rings. The van der Waals surface area contributed by atoms with E-state index in [0.29, 0.717) is 6.04 Å². The SMILES string of the molecule is CCCCCCCNC(C)c1ccccc1Br. The lowest BCUT2D eigenvalue weighted by Crippen LogP contribution is -2.20. The summed E-state index contributed by atoms with van der Waals surface area (Å²) in [5.41, 5.74) is 1.35. The first-order valence-electron chi connectivity index (χ1n) is 6.73. The van der Waals surface area contributed by atoms with Crippen LogP contribution < -0.4 is 5.32 Å². The zero-order valence-corrected chi connectivity index (χ0v) is 12.6. The maximum Gasteiger partial charge on any atom is 0.0302 e. The Hall–Kier alpha value is -0.340. The number of benzene rings is 1. The largest absolute Gasteiger partial charge is 0.310 e. The van der Waals surface area contributed by atoms with Crippen LogP contribution in [0.3, 0.4) is 0 Å². The third-order valence-corrected chi connectivity index (χ3v) is 3.82. The van der Waals surface area contributed by atoms with E-state index >= 15 is 0 Å². The van der Waals surface area contributed by atoms with E-state index < -0.39 is 0 Å². The van der Waals surface area contributed by atoms with Crippen LogP contribution in [0, 0.1) is 0 Å². The molecule has 1 rings (SSSR count). The van der Waals surface area contributed by atoms with Gasteiger partial charge in [-0.1, -0.05) is 66.7 Å². The van der Waals surface area contributed by atoms with Crippen molar-refractivity contribution in [3.8, 4) is 0 Å². The van der Waals surface area contributed by atoms with Gasteiger partial charge >= 0.3 is 0 Å². The van der Waals surface area contributed by atoms with Crippen molar-refractivity contribution in [2.24, 2.45) is 0 Å². The summed E-state index contributed by atoms with van der Waals surface area (Å²) in [4.78, 5) is 0. The Kier molecular flexibility index (Phi) is 7.54. The Balaban J connectivity index is 2.21. The average molecular weight is 298 g/mol. The highest BCUT2D eigenvalue weighted by Crippen LogP contribution is 2.22. The highest BCUT2D eigenvalue weighted by Gasteiger charge is 2.06. The summed E-state index contributed by atoms with van der Waals surface area (Å²) in [6, 6.07) is 8.87. The van der Waals surface area contributed by atoms with E-state index in [2.05, 4.69) is 59.4 Å². The van der Waals surface area contributed by atoms with Gasteiger partial charge in [0.05, 0.1) is 0 Å².